The summed E-state index contributed by atoms with van der Waals surface area (Å²) < 4.78 is 25.7. The van der Waals surface area contributed by atoms with Gasteiger partial charge in [-0.3, -0.25) is 14.3 Å². The SMILES string of the molecule is CCN(C(=O)CSc1nnc(-c2ccncc2)n1-c1ccccc1C)C1CCS(=O)(=O)C1. The second kappa shape index (κ2) is 9.41. The number of aryl methyl sites for hydroxylation is 1. The van der Waals surface area contributed by atoms with Crippen LogP contribution in [-0.4, -0.2) is 68.8 Å². The zero-order valence-corrected chi connectivity index (χ0v) is 19.6. The number of nitrogens with zero attached hydrogens (tertiary/aromatic N) is 5. The smallest absolute Gasteiger partial charge is 0.233 e. The topological polar surface area (TPSA) is 98.1 Å². The van der Waals surface area contributed by atoms with Gasteiger partial charge in [0.25, 0.3) is 0 Å². The number of hydrogen-bond acceptors (Lipinski definition) is 7. The van der Waals surface area contributed by atoms with Crippen molar-refractivity contribution in [3.63, 3.8) is 0 Å². The molecule has 0 bridgehead atoms. The van der Waals surface area contributed by atoms with Crippen LogP contribution in [-0.2, 0) is 14.6 Å². The van der Waals surface area contributed by atoms with Crippen molar-refractivity contribution >= 4 is 27.5 Å². The van der Waals surface area contributed by atoms with E-state index in [0.717, 1.165) is 16.8 Å². The van der Waals surface area contributed by atoms with Crippen LogP contribution in [0.3, 0.4) is 0 Å². The summed E-state index contributed by atoms with van der Waals surface area (Å²) in [4.78, 5) is 18.7. The number of benzene rings is 1. The van der Waals surface area contributed by atoms with Gasteiger partial charge in [-0.2, -0.15) is 0 Å². The average molecular weight is 472 g/mol. The van der Waals surface area contributed by atoms with Crippen molar-refractivity contribution in [3.8, 4) is 17.1 Å². The summed E-state index contributed by atoms with van der Waals surface area (Å²) in [5.74, 6) is 0.925. The standard InChI is InChI=1S/C22H25N5O3S2/c1-3-26(18-10-13-32(29,30)15-18)20(28)14-31-22-25-24-21(17-8-11-23-12-9-17)27(22)19-7-5-4-6-16(19)2/h4-9,11-12,18H,3,10,13-15H2,1-2H3. The third kappa shape index (κ3) is 4.71. The Labute approximate surface area is 192 Å². The maximum Gasteiger partial charge on any atom is 0.233 e. The van der Waals surface area contributed by atoms with Crippen LogP contribution < -0.4 is 0 Å². The van der Waals surface area contributed by atoms with Gasteiger partial charge >= 0.3 is 0 Å². The predicted octanol–water partition coefficient (Wildman–Crippen LogP) is 2.77. The molecular weight excluding hydrogens is 446 g/mol. The lowest BCUT2D eigenvalue weighted by Crippen LogP contribution is -2.42. The molecular formula is C22H25N5O3S2. The Balaban J connectivity index is 1.61. The molecule has 4 rings (SSSR count). The summed E-state index contributed by atoms with van der Waals surface area (Å²) in [5, 5.41) is 9.39. The number of carbonyl (C=O) groups excluding carboxylic acids is 1. The minimum absolute atomic E-state index is 0.0445. The largest absolute Gasteiger partial charge is 0.338 e. The van der Waals surface area contributed by atoms with E-state index in [-0.39, 0.29) is 29.2 Å². The lowest BCUT2D eigenvalue weighted by Gasteiger charge is -2.26. The first kappa shape index (κ1) is 22.5. The van der Waals surface area contributed by atoms with Gasteiger partial charge in [0.15, 0.2) is 20.8 Å². The molecule has 168 valence electrons. The van der Waals surface area contributed by atoms with Gasteiger partial charge in [-0.25, -0.2) is 8.42 Å². The third-order valence-corrected chi connectivity index (χ3v) is 8.23. The van der Waals surface area contributed by atoms with E-state index in [1.165, 1.54) is 11.8 Å². The molecule has 0 spiro atoms. The number of pyridine rings is 1. The number of aromatic nitrogens is 4. The van der Waals surface area contributed by atoms with Gasteiger partial charge in [0.2, 0.25) is 5.91 Å². The molecule has 2 aromatic heterocycles. The molecule has 0 aliphatic carbocycles. The minimum atomic E-state index is -3.06. The molecule has 0 N–H and O–H groups in total. The molecule has 1 atom stereocenters. The monoisotopic (exact) mass is 471 g/mol. The molecule has 1 aliphatic heterocycles. The fourth-order valence-electron chi connectivity index (χ4n) is 3.95. The number of sulfone groups is 1. The van der Waals surface area contributed by atoms with Gasteiger partial charge in [-0.1, -0.05) is 30.0 Å². The van der Waals surface area contributed by atoms with E-state index in [4.69, 9.17) is 0 Å². The Kier molecular flexibility index (Phi) is 6.61. The fraction of sp³-hybridized carbons (Fsp3) is 0.364. The van der Waals surface area contributed by atoms with Gasteiger partial charge in [0.05, 0.1) is 22.9 Å². The number of amides is 1. The highest BCUT2D eigenvalue weighted by atomic mass is 32.2. The highest BCUT2D eigenvalue weighted by Crippen LogP contribution is 2.29. The fourth-order valence-corrected chi connectivity index (χ4v) is 6.51. The summed E-state index contributed by atoms with van der Waals surface area (Å²) in [7, 11) is -3.06. The number of carbonyl (C=O) groups is 1. The molecule has 1 amide bonds. The molecule has 8 nitrogen and oxygen atoms in total. The first-order chi connectivity index (χ1) is 15.4. The lowest BCUT2D eigenvalue weighted by molar-refractivity contribution is -0.129. The summed E-state index contributed by atoms with van der Waals surface area (Å²) in [6.07, 6.45) is 3.91. The molecule has 10 heteroatoms. The number of thioether (sulfide) groups is 1. The van der Waals surface area contributed by atoms with E-state index in [1.54, 1.807) is 17.3 Å². The van der Waals surface area contributed by atoms with Crippen LogP contribution in [0, 0.1) is 6.92 Å². The van der Waals surface area contributed by atoms with Crippen molar-refractivity contribution in [2.75, 3.05) is 23.8 Å². The molecule has 1 aromatic carbocycles. The van der Waals surface area contributed by atoms with Gasteiger partial charge < -0.3 is 4.90 Å². The van der Waals surface area contributed by atoms with E-state index in [0.29, 0.717) is 23.9 Å². The predicted molar refractivity (Wildman–Crippen MR) is 124 cm³/mol. The number of rotatable bonds is 7. The highest BCUT2D eigenvalue weighted by molar-refractivity contribution is 7.99. The van der Waals surface area contributed by atoms with Crippen LogP contribution in [0.4, 0.5) is 0 Å². The van der Waals surface area contributed by atoms with Crippen molar-refractivity contribution < 1.29 is 13.2 Å². The van der Waals surface area contributed by atoms with Crippen LogP contribution in [0.25, 0.3) is 17.1 Å². The first-order valence-electron chi connectivity index (χ1n) is 10.4. The molecule has 1 unspecified atom stereocenters. The number of para-hydroxylation sites is 1. The summed E-state index contributed by atoms with van der Waals surface area (Å²) in [5.41, 5.74) is 2.87. The maximum absolute atomic E-state index is 13.0. The van der Waals surface area contributed by atoms with Crippen molar-refractivity contribution in [2.45, 2.75) is 31.5 Å². The highest BCUT2D eigenvalue weighted by Gasteiger charge is 2.34. The van der Waals surface area contributed by atoms with Crippen molar-refractivity contribution in [2.24, 2.45) is 0 Å². The Hall–Kier alpha value is -2.72. The molecule has 1 aliphatic rings. The Bertz CT molecular complexity index is 1210. The molecule has 1 fully saturated rings. The minimum Gasteiger partial charge on any atom is -0.338 e. The third-order valence-electron chi connectivity index (χ3n) is 5.56. The maximum atomic E-state index is 13.0. The van der Waals surface area contributed by atoms with Crippen molar-refractivity contribution in [1.82, 2.24) is 24.6 Å². The number of hydrogen-bond donors (Lipinski definition) is 0. The van der Waals surface area contributed by atoms with Gasteiger partial charge in [0, 0.05) is 30.5 Å². The van der Waals surface area contributed by atoms with E-state index in [9.17, 15) is 13.2 Å². The molecule has 0 saturated carbocycles. The quantitative estimate of drug-likeness (QED) is 0.489. The van der Waals surface area contributed by atoms with Gasteiger partial charge in [-0.15, -0.1) is 10.2 Å². The summed E-state index contributed by atoms with van der Waals surface area (Å²) in [6.45, 7) is 4.38. The summed E-state index contributed by atoms with van der Waals surface area (Å²) >= 11 is 1.31. The van der Waals surface area contributed by atoms with Crippen LogP contribution in [0.1, 0.15) is 18.9 Å². The molecule has 0 radical (unpaired) electrons. The van der Waals surface area contributed by atoms with E-state index in [1.807, 2.05) is 54.8 Å². The molecule has 1 saturated heterocycles. The van der Waals surface area contributed by atoms with Crippen LogP contribution in [0.5, 0.6) is 0 Å². The van der Waals surface area contributed by atoms with E-state index < -0.39 is 9.84 Å². The first-order valence-corrected chi connectivity index (χ1v) is 13.2. The zero-order valence-electron chi connectivity index (χ0n) is 18.0. The Morgan fingerprint density at radius 1 is 1.19 bits per heavy atom. The normalized spacial score (nSPS) is 17.4. The zero-order chi connectivity index (χ0) is 22.7. The summed E-state index contributed by atoms with van der Waals surface area (Å²) in [6, 6.07) is 11.4. The van der Waals surface area contributed by atoms with Gasteiger partial charge in [0.1, 0.15) is 0 Å². The second-order valence-electron chi connectivity index (χ2n) is 7.69. The molecule has 3 aromatic rings. The van der Waals surface area contributed by atoms with Crippen molar-refractivity contribution in [3.05, 3.63) is 54.4 Å². The van der Waals surface area contributed by atoms with Crippen LogP contribution in [0.15, 0.2) is 53.9 Å². The lowest BCUT2D eigenvalue weighted by atomic mass is 10.2. The van der Waals surface area contributed by atoms with Crippen LogP contribution >= 0.6 is 11.8 Å². The van der Waals surface area contributed by atoms with E-state index >= 15 is 0 Å². The Morgan fingerprint density at radius 3 is 2.59 bits per heavy atom. The Morgan fingerprint density at radius 2 is 1.94 bits per heavy atom. The van der Waals surface area contributed by atoms with E-state index in [2.05, 4.69) is 15.2 Å². The van der Waals surface area contributed by atoms with Crippen molar-refractivity contribution in [1.29, 1.82) is 0 Å². The van der Waals surface area contributed by atoms with Gasteiger partial charge in [-0.05, 0) is 44.0 Å². The average Bonchev–Trinajstić information content (AvgIpc) is 3.36. The second-order valence-corrected chi connectivity index (χ2v) is 10.9. The molecule has 3 heterocycles. The van der Waals surface area contributed by atoms with Crippen LogP contribution in [0.2, 0.25) is 0 Å². The molecule has 32 heavy (non-hydrogen) atoms.